The van der Waals surface area contributed by atoms with Crippen molar-refractivity contribution in [1.82, 2.24) is 14.9 Å². The molecule has 1 aromatic carbocycles. The molecule has 0 saturated heterocycles. The largest absolute Gasteiger partial charge is 0.482 e. The summed E-state index contributed by atoms with van der Waals surface area (Å²) in [6, 6.07) is 7.34. The Hall–Kier alpha value is -2.50. The first-order valence-corrected chi connectivity index (χ1v) is 7.32. The number of imidazole rings is 1. The number of amides is 1. The van der Waals surface area contributed by atoms with Gasteiger partial charge >= 0.3 is 0 Å². The van der Waals surface area contributed by atoms with Gasteiger partial charge in [0.15, 0.2) is 11.5 Å². The van der Waals surface area contributed by atoms with Crippen molar-refractivity contribution in [2.45, 2.75) is 38.6 Å². The molecule has 3 rings (SSSR count). The van der Waals surface area contributed by atoms with Crippen LogP contribution in [0.4, 0.5) is 0 Å². The highest BCUT2D eigenvalue weighted by Crippen LogP contribution is 2.33. The van der Waals surface area contributed by atoms with Crippen molar-refractivity contribution < 1.29 is 14.3 Å². The minimum atomic E-state index is -0.653. The van der Waals surface area contributed by atoms with Gasteiger partial charge in [-0.25, -0.2) is 4.98 Å². The number of hydrogen-bond donors (Lipinski definition) is 1. The molecular formula is C16H19N3O3. The van der Waals surface area contributed by atoms with Crippen molar-refractivity contribution in [1.29, 1.82) is 0 Å². The van der Waals surface area contributed by atoms with Crippen molar-refractivity contribution >= 4 is 5.91 Å². The van der Waals surface area contributed by atoms with E-state index in [0.717, 1.165) is 0 Å². The SMILES string of the molecule is C[C@H](Cn1ccnc1)NC(=O)[C@@H]1Oc2ccccc2O[C@H]1C. The van der Waals surface area contributed by atoms with E-state index in [0.29, 0.717) is 18.0 Å². The molecule has 1 amide bonds. The predicted molar refractivity (Wildman–Crippen MR) is 80.8 cm³/mol. The van der Waals surface area contributed by atoms with Crippen LogP contribution in [-0.2, 0) is 11.3 Å². The Kier molecular flexibility index (Phi) is 4.00. The van der Waals surface area contributed by atoms with Crippen molar-refractivity contribution in [3.05, 3.63) is 43.0 Å². The van der Waals surface area contributed by atoms with Gasteiger partial charge in [-0.05, 0) is 26.0 Å². The van der Waals surface area contributed by atoms with E-state index >= 15 is 0 Å². The monoisotopic (exact) mass is 301 g/mol. The molecule has 0 unspecified atom stereocenters. The van der Waals surface area contributed by atoms with Gasteiger partial charge in [-0.2, -0.15) is 0 Å². The maximum Gasteiger partial charge on any atom is 0.265 e. The van der Waals surface area contributed by atoms with Crippen molar-refractivity contribution in [2.24, 2.45) is 0 Å². The molecule has 2 heterocycles. The molecule has 3 atom stereocenters. The molecule has 6 heteroatoms. The fourth-order valence-corrected chi connectivity index (χ4v) is 2.49. The van der Waals surface area contributed by atoms with Crippen LogP contribution in [0.1, 0.15) is 13.8 Å². The first-order valence-electron chi connectivity index (χ1n) is 7.32. The molecule has 0 saturated carbocycles. The van der Waals surface area contributed by atoms with Gasteiger partial charge in [0, 0.05) is 25.0 Å². The van der Waals surface area contributed by atoms with E-state index in [1.807, 2.05) is 42.8 Å². The first-order chi connectivity index (χ1) is 10.6. The van der Waals surface area contributed by atoms with Gasteiger partial charge in [0.1, 0.15) is 6.10 Å². The Labute approximate surface area is 129 Å². The Bertz CT molecular complexity index is 642. The Balaban J connectivity index is 1.62. The number of fused-ring (bicyclic) bond motifs is 1. The van der Waals surface area contributed by atoms with Crippen molar-refractivity contribution in [2.75, 3.05) is 0 Å². The summed E-state index contributed by atoms with van der Waals surface area (Å²) in [5, 5.41) is 2.96. The molecule has 2 aromatic rings. The summed E-state index contributed by atoms with van der Waals surface area (Å²) in [5.41, 5.74) is 0. The number of hydrogen-bond acceptors (Lipinski definition) is 4. The number of para-hydroxylation sites is 2. The summed E-state index contributed by atoms with van der Waals surface area (Å²) in [7, 11) is 0. The van der Waals surface area contributed by atoms with Crippen LogP contribution in [0, 0.1) is 0 Å². The first kappa shape index (κ1) is 14.4. The molecule has 0 spiro atoms. The van der Waals surface area contributed by atoms with Crippen LogP contribution in [0.25, 0.3) is 0 Å². The van der Waals surface area contributed by atoms with Gasteiger partial charge in [0.25, 0.3) is 5.91 Å². The molecule has 1 aliphatic rings. The molecule has 22 heavy (non-hydrogen) atoms. The lowest BCUT2D eigenvalue weighted by molar-refractivity contribution is -0.134. The number of nitrogens with zero attached hydrogens (tertiary/aromatic N) is 2. The van der Waals surface area contributed by atoms with Gasteiger partial charge < -0.3 is 19.4 Å². The highest BCUT2D eigenvalue weighted by Gasteiger charge is 2.34. The highest BCUT2D eigenvalue weighted by atomic mass is 16.6. The van der Waals surface area contributed by atoms with Gasteiger partial charge in [0.05, 0.1) is 6.33 Å². The second-order valence-electron chi connectivity index (χ2n) is 5.48. The maximum atomic E-state index is 12.4. The molecule has 0 bridgehead atoms. The van der Waals surface area contributed by atoms with Gasteiger partial charge in [-0.1, -0.05) is 12.1 Å². The summed E-state index contributed by atoms with van der Waals surface area (Å²) >= 11 is 0. The van der Waals surface area contributed by atoms with E-state index in [9.17, 15) is 4.79 Å². The van der Waals surface area contributed by atoms with E-state index in [1.54, 1.807) is 18.6 Å². The number of benzene rings is 1. The molecule has 1 aromatic heterocycles. The Morgan fingerprint density at radius 1 is 1.36 bits per heavy atom. The van der Waals surface area contributed by atoms with E-state index in [1.165, 1.54) is 0 Å². The van der Waals surface area contributed by atoms with Crippen LogP contribution in [0.15, 0.2) is 43.0 Å². The normalized spacial score (nSPS) is 21.2. The number of rotatable bonds is 4. The summed E-state index contributed by atoms with van der Waals surface area (Å²) in [5.74, 6) is 1.10. The Morgan fingerprint density at radius 2 is 2.09 bits per heavy atom. The fourth-order valence-electron chi connectivity index (χ4n) is 2.49. The number of carbonyl (C=O) groups excluding carboxylic acids is 1. The summed E-state index contributed by atoms with van der Waals surface area (Å²) < 4.78 is 13.5. The highest BCUT2D eigenvalue weighted by molar-refractivity contribution is 5.82. The summed E-state index contributed by atoms with van der Waals surface area (Å²) in [4.78, 5) is 16.4. The van der Waals surface area contributed by atoms with Crippen LogP contribution in [0.2, 0.25) is 0 Å². The van der Waals surface area contributed by atoms with Crippen LogP contribution < -0.4 is 14.8 Å². The minimum Gasteiger partial charge on any atom is -0.482 e. The molecule has 1 N–H and O–H groups in total. The average molecular weight is 301 g/mol. The Morgan fingerprint density at radius 3 is 2.77 bits per heavy atom. The molecular weight excluding hydrogens is 282 g/mol. The third-order valence-corrected chi connectivity index (χ3v) is 3.53. The zero-order valence-corrected chi connectivity index (χ0v) is 12.6. The van der Waals surface area contributed by atoms with Crippen LogP contribution in [-0.4, -0.2) is 33.7 Å². The van der Waals surface area contributed by atoms with E-state index in [-0.39, 0.29) is 18.1 Å². The quantitative estimate of drug-likeness (QED) is 0.932. The molecule has 0 fully saturated rings. The topological polar surface area (TPSA) is 65.4 Å². The zero-order chi connectivity index (χ0) is 15.5. The number of nitrogens with one attached hydrogen (secondary N) is 1. The number of carbonyl (C=O) groups is 1. The fraction of sp³-hybridized carbons (Fsp3) is 0.375. The van der Waals surface area contributed by atoms with Crippen molar-refractivity contribution in [3.63, 3.8) is 0 Å². The molecule has 116 valence electrons. The lowest BCUT2D eigenvalue weighted by atomic mass is 10.1. The van der Waals surface area contributed by atoms with E-state index < -0.39 is 6.10 Å². The second-order valence-corrected chi connectivity index (χ2v) is 5.48. The third kappa shape index (κ3) is 3.05. The molecule has 0 radical (unpaired) electrons. The number of ether oxygens (including phenoxy) is 2. The zero-order valence-electron chi connectivity index (χ0n) is 12.6. The van der Waals surface area contributed by atoms with Gasteiger partial charge in [-0.15, -0.1) is 0 Å². The average Bonchev–Trinajstić information content (AvgIpc) is 2.99. The van der Waals surface area contributed by atoms with Gasteiger partial charge in [0.2, 0.25) is 6.10 Å². The van der Waals surface area contributed by atoms with Crippen molar-refractivity contribution in [3.8, 4) is 11.5 Å². The smallest absolute Gasteiger partial charge is 0.265 e. The lowest BCUT2D eigenvalue weighted by Gasteiger charge is -2.31. The van der Waals surface area contributed by atoms with Crippen LogP contribution >= 0.6 is 0 Å². The van der Waals surface area contributed by atoms with Crippen LogP contribution in [0.5, 0.6) is 11.5 Å². The third-order valence-electron chi connectivity index (χ3n) is 3.53. The summed E-state index contributed by atoms with van der Waals surface area (Å²) in [6.07, 6.45) is 4.31. The standard InChI is InChI=1S/C16H19N3O3/c1-11(9-19-8-7-17-10-19)18-16(20)15-12(2)21-13-5-3-4-6-14(13)22-15/h3-8,10-12,15H,9H2,1-2H3,(H,18,20)/t11-,12+,15-/m1/s1. The minimum absolute atomic E-state index is 0.0327. The number of aromatic nitrogens is 2. The second kappa shape index (κ2) is 6.09. The van der Waals surface area contributed by atoms with E-state index in [4.69, 9.17) is 9.47 Å². The lowest BCUT2D eigenvalue weighted by Crippen LogP contribution is -2.51. The maximum absolute atomic E-state index is 12.4. The van der Waals surface area contributed by atoms with Gasteiger partial charge in [-0.3, -0.25) is 4.79 Å². The summed E-state index contributed by atoms with van der Waals surface area (Å²) in [6.45, 7) is 4.44. The van der Waals surface area contributed by atoms with Crippen LogP contribution in [0.3, 0.4) is 0 Å². The molecule has 0 aliphatic carbocycles. The molecule has 1 aliphatic heterocycles. The van der Waals surface area contributed by atoms with E-state index in [2.05, 4.69) is 10.3 Å². The molecule has 6 nitrogen and oxygen atoms in total. The predicted octanol–water partition coefficient (Wildman–Crippen LogP) is 1.62.